The minimum atomic E-state index is -0.833. The number of carboxylic acid groups (broad SMARTS) is 3. The summed E-state index contributed by atoms with van der Waals surface area (Å²) in [5.74, 6) is -2.50. The van der Waals surface area contributed by atoms with E-state index in [0.29, 0.717) is 0 Å². The molecule has 3 N–H and O–H groups in total. The fraction of sp³-hybridized carbons (Fsp3) is 0.429. The maximum Gasteiger partial charge on any atom is 0.300 e. The maximum absolute atomic E-state index is 9.00. The van der Waals surface area contributed by atoms with Gasteiger partial charge in [-0.15, -0.1) is 0 Å². The Morgan fingerprint density at radius 1 is 0.714 bits per heavy atom. The zero-order valence-electron chi connectivity index (χ0n) is 8.38. The largest absolute Gasteiger partial charge is 0.481 e. The van der Waals surface area contributed by atoms with Gasteiger partial charge in [0.1, 0.15) is 0 Å². The van der Waals surface area contributed by atoms with Crippen LogP contribution in [0, 0.1) is 7.43 Å². The molecule has 0 aromatic heterocycles. The van der Waals surface area contributed by atoms with Crippen molar-refractivity contribution < 1.29 is 50.1 Å². The SMILES string of the molecule is CC(=O)O.CC(=O)O.CC(=O)O.[CH3-].[Pd]. The first-order valence-corrected chi connectivity index (χ1v) is 2.78. The first-order chi connectivity index (χ1) is 5.20. The maximum atomic E-state index is 9.00. The van der Waals surface area contributed by atoms with Crippen LogP contribution in [0.5, 0.6) is 0 Å². The third kappa shape index (κ3) is 1310. The molecule has 0 aromatic rings. The predicted molar refractivity (Wildman–Crippen MR) is 46.3 cm³/mol. The second kappa shape index (κ2) is 22.7. The van der Waals surface area contributed by atoms with E-state index in [-0.39, 0.29) is 27.8 Å². The number of rotatable bonds is 0. The van der Waals surface area contributed by atoms with Gasteiger partial charge in [-0.1, -0.05) is 0 Å². The summed E-state index contributed by atoms with van der Waals surface area (Å²) >= 11 is 0. The van der Waals surface area contributed by atoms with E-state index in [2.05, 4.69) is 0 Å². The van der Waals surface area contributed by atoms with E-state index in [0.717, 1.165) is 20.8 Å². The minimum absolute atomic E-state index is 0. The fourth-order valence-electron chi connectivity index (χ4n) is 0. The molecule has 0 fully saturated rings. The molecular weight excluding hydrogens is 286 g/mol. The Labute approximate surface area is 96.6 Å². The Hall–Kier alpha value is -0.928. The zero-order valence-corrected chi connectivity index (χ0v) is 9.94. The Morgan fingerprint density at radius 3 is 0.714 bits per heavy atom. The van der Waals surface area contributed by atoms with E-state index in [1.54, 1.807) is 0 Å². The van der Waals surface area contributed by atoms with Crippen LogP contribution in [-0.4, -0.2) is 33.2 Å². The Kier molecular flexibility index (Phi) is 47.4. The molecule has 0 bridgehead atoms. The van der Waals surface area contributed by atoms with Crippen molar-refractivity contribution in [3.05, 3.63) is 7.43 Å². The summed E-state index contributed by atoms with van der Waals surface area (Å²) in [7, 11) is 0. The molecule has 0 rings (SSSR count). The Bertz CT molecular complexity index is 116. The third-order valence-corrected chi connectivity index (χ3v) is 0. The van der Waals surface area contributed by atoms with Crippen LogP contribution in [0.1, 0.15) is 20.8 Å². The topological polar surface area (TPSA) is 112 Å². The first kappa shape index (κ1) is 29.2. The summed E-state index contributed by atoms with van der Waals surface area (Å²) in [5, 5.41) is 22.2. The summed E-state index contributed by atoms with van der Waals surface area (Å²) in [5.41, 5.74) is 0. The minimum Gasteiger partial charge on any atom is -0.481 e. The molecular formula is C7H15O6Pd-. The number of carboxylic acids is 3. The van der Waals surface area contributed by atoms with Crippen molar-refractivity contribution in [1.82, 2.24) is 0 Å². The van der Waals surface area contributed by atoms with Gasteiger partial charge in [-0.3, -0.25) is 14.4 Å². The predicted octanol–water partition coefficient (Wildman–Crippen LogP) is 0.720. The van der Waals surface area contributed by atoms with Crippen LogP contribution in [0.3, 0.4) is 0 Å². The summed E-state index contributed by atoms with van der Waals surface area (Å²) in [6.45, 7) is 3.25. The van der Waals surface area contributed by atoms with Gasteiger partial charge in [0.2, 0.25) is 0 Å². The van der Waals surface area contributed by atoms with Crippen molar-refractivity contribution in [2.45, 2.75) is 20.8 Å². The molecule has 0 atom stereocenters. The van der Waals surface area contributed by atoms with Gasteiger partial charge in [-0.2, -0.15) is 0 Å². The fourth-order valence-corrected chi connectivity index (χ4v) is 0. The van der Waals surface area contributed by atoms with Crippen LogP contribution in [0.25, 0.3) is 0 Å². The van der Waals surface area contributed by atoms with Crippen LogP contribution in [0.4, 0.5) is 0 Å². The number of carbonyl (C=O) groups is 3. The van der Waals surface area contributed by atoms with Gasteiger partial charge in [-0.25, -0.2) is 0 Å². The Balaban J connectivity index is -0.0000000270. The van der Waals surface area contributed by atoms with Crippen LogP contribution < -0.4 is 0 Å². The van der Waals surface area contributed by atoms with Crippen molar-refractivity contribution in [3.63, 3.8) is 0 Å². The quantitative estimate of drug-likeness (QED) is 0.449. The zero-order chi connectivity index (χ0) is 10.7. The van der Waals surface area contributed by atoms with E-state index in [9.17, 15) is 0 Å². The molecule has 0 aromatic carbocycles. The van der Waals surface area contributed by atoms with Gasteiger partial charge in [0.05, 0.1) is 0 Å². The average Bonchev–Trinajstić information content (AvgIpc) is 1.54. The van der Waals surface area contributed by atoms with Crippen LogP contribution in [0.15, 0.2) is 0 Å². The molecule has 6 nitrogen and oxygen atoms in total. The molecule has 0 heterocycles. The molecule has 0 aliphatic carbocycles. The molecule has 0 saturated heterocycles. The van der Waals surface area contributed by atoms with E-state index < -0.39 is 17.9 Å². The van der Waals surface area contributed by atoms with Gasteiger partial charge < -0.3 is 22.7 Å². The normalized spacial score (nSPS) is 5.36. The summed E-state index contributed by atoms with van der Waals surface area (Å²) in [6.07, 6.45) is 0. The van der Waals surface area contributed by atoms with E-state index >= 15 is 0 Å². The monoisotopic (exact) mass is 301 g/mol. The molecule has 0 spiro atoms. The second-order valence-corrected chi connectivity index (χ2v) is 1.56. The number of hydrogen-bond donors (Lipinski definition) is 3. The van der Waals surface area contributed by atoms with E-state index in [1.807, 2.05) is 0 Å². The van der Waals surface area contributed by atoms with Crippen molar-refractivity contribution in [2.24, 2.45) is 0 Å². The van der Waals surface area contributed by atoms with Gasteiger partial charge in [-0.05, 0) is 0 Å². The summed E-state index contributed by atoms with van der Waals surface area (Å²) < 4.78 is 0. The van der Waals surface area contributed by atoms with Crippen LogP contribution in [-0.2, 0) is 34.8 Å². The van der Waals surface area contributed by atoms with Crippen molar-refractivity contribution in [1.29, 1.82) is 0 Å². The first-order valence-electron chi connectivity index (χ1n) is 2.78. The van der Waals surface area contributed by atoms with Gasteiger partial charge in [0.25, 0.3) is 17.9 Å². The molecule has 90 valence electrons. The summed E-state index contributed by atoms with van der Waals surface area (Å²) in [6, 6.07) is 0. The van der Waals surface area contributed by atoms with Crippen LogP contribution in [0.2, 0.25) is 0 Å². The van der Waals surface area contributed by atoms with Crippen molar-refractivity contribution in [2.75, 3.05) is 0 Å². The van der Waals surface area contributed by atoms with Crippen molar-refractivity contribution >= 4 is 17.9 Å². The standard InChI is InChI=1S/3C2H4O2.CH3.Pd/c3*1-2(3)4;;/h3*1H3,(H,3,4);1H3;/q;;;-1;. The number of hydrogen-bond acceptors (Lipinski definition) is 3. The molecule has 0 unspecified atom stereocenters. The molecule has 0 aliphatic rings. The molecule has 0 aliphatic heterocycles. The molecule has 0 amide bonds. The number of aliphatic carboxylic acids is 3. The van der Waals surface area contributed by atoms with Gasteiger partial charge >= 0.3 is 0 Å². The van der Waals surface area contributed by atoms with Gasteiger partial charge in [0.15, 0.2) is 0 Å². The molecule has 14 heavy (non-hydrogen) atoms. The Morgan fingerprint density at radius 2 is 0.714 bits per heavy atom. The third-order valence-electron chi connectivity index (χ3n) is 0. The van der Waals surface area contributed by atoms with Crippen molar-refractivity contribution in [3.8, 4) is 0 Å². The van der Waals surface area contributed by atoms with E-state index in [4.69, 9.17) is 29.7 Å². The van der Waals surface area contributed by atoms with E-state index in [1.165, 1.54) is 0 Å². The van der Waals surface area contributed by atoms with Crippen LogP contribution >= 0.6 is 0 Å². The second-order valence-electron chi connectivity index (χ2n) is 1.56. The molecule has 0 saturated carbocycles. The smallest absolute Gasteiger partial charge is 0.300 e. The molecule has 7 heteroatoms. The average molecular weight is 302 g/mol. The molecule has 0 radical (unpaired) electrons. The summed E-state index contributed by atoms with van der Waals surface area (Å²) in [4.78, 5) is 27.0. The van der Waals surface area contributed by atoms with Gasteiger partial charge in [0, 0.05) is 41.2 Å².